The average molecular weight is 318 g/mol. The van der Waals surface area contributed by atoms with E-state index in [1.165, 1.54) is 7.11 Å². The molecule has 1 aromatic rings. The first kappa shape index (κ1) is 14.7. The van der Waals surface area contributed by atoms with Crippen molar-refractivity contribution in [1.29, 1.82) is 0 Å². The third-order valence-electron chi connectivity index (χ3n) is 2.63. The zero-order chi connectivity index (χ0) is 13.9. The third kappa shape index (κ3) is 3.10. The van der Waals surface area contributed by atoms with E-state index in [0.717, 1.165) is 5.69 Å². The van der Waals surface area contributed by atoms with Gasteiger partial charge in [0.25, 0.3) is 5.91 Å². The van der Waals surface area contributed by atoms with Gasteiger partial charge in [-0.25, -0.2) is 0 Å². The van der Waals surface area contributed by atoms with Gasteiger partial charge in [-0.05, 0) is 13.8 Å². The summed E-state index contributed by atoms with van der Waals surface area (Å²) in [5.74, 6) is -0.665. The number of nitrogens with zero attached hydrogens (tertiary/aromatic N) is 2. The second kappa shape index (κ2) is 5.99. The van der Waals surface area contributed by atoms with Crippen LogP contribution in [0.4, 0.5) is 0 Å². The van der Waals surface area contributed by atoms with Gasteiger partial charge in [0.2, 0.25) is 0 Å². The minimum atomic E-state index is -0.552. The fraction of sp³-hybridized carbons (Fsp3) is 0.545. The van der Waals surface area contributed by atoms with Gasteiger partial charge in [-0.1, -0.05) is 15.9 Å². The molecule has 0 aliphatic heterocycles. The maximum absolute atomic E-state index is 12.0. The molecular formula is C11H16BrN3O3. The van der Waals surface area contributed by atoms with Crippen molar-refractivity contribution in [2.45, 2.75) is 18.7 Å². The number of hydrogen-bond donors (Lipinski definition) is 1. The number of halogens is 1. The molecule has 1 unspecified atom stereocenters. The molecule has 0 radical (unpaired) electrons. The number of nitrogens with one attached hydrogen (secondary N) is 1. The van der Waals surface area contributed by atoms with E-state index < -0.39 is 10.8 Å². The molecule has 0 aromatic carbocycles. The van der Waals surface area contributed by atoms with Gasteiger partial charge in [-0.15, -0.1) is 0 Å². The molecule has 6 nitrogen and oxygen atoms in total. The molecule has 0 bridgehead atoms. The quantitative estimate of drug-likeness (QED) is 0.655. The summed E-state index contributed by atoms with van der Waals surface area (Å²) in [5, 5.41) is 6.83. The summed E-state index contributed by atoms with van der Waals surface area (Å²) < 4.78 is 6.20. The fourth-order valence-corrected chi connectivity index (χ4v) is 1.93. The number of aromatic nitrogens is 2. The van der Waals surface area contributed by atoms with E-state index in [2.05, 4.69) is 31.1 Å². The normalized spacial score (nSPS) is 12.1. The van der Waals surface area contributed by atoms with Gasteiger partial charge in [0, 0.05) is 19.3 Å². The zero-order valence-electron chi connectivity index (χ0n) is 10.8. The van der Waals surface area contributed by atoms with E-state index in [1.807, 2.05) is 6.92 Å². The topological polar surface area (TPSA) is 73.2 Å². The number of carbonyl (C=O) groups is 2. The Labute approximate surface area is 114 Å². The fourth-order valence-electron chi connectivity index (χ4n) is 1.58. The highest BCUT2D eigenvalue weighted by Crippen LogP contribution is 2.11. The summed E-state index contributed by atoms with van der Waals surface area (Å²) in [6.07, 6.45) is 0. The van der Waals surface area contributed by atoms with Crippen molar-refractivity contribution in [3.8, 4) is 0 Å². The Morgan fingerprint density at radius 1 is 1.50 bits per heavy atom. The molecule has 0 aliphatic carbocycles. The number of ether oxygens (including phenoxy) is 1. The second-order valence-electron chi connectivity index (χ2n) is 3.87. The SMILES string of the molecule is COC(=O)C(Br)CNC(=O)c1c(C)nn(C)c1C. The Balaban J connectivity index is 2.69. The molecule has 100 valence electrons. The van der Waals surface area contributed by atoms with Gasteiger partial charge in [0.1, 0.15) is 4.83 Å². The molecule has 1 aromatic heterocycles. The van der Waals surface area contributed by atoms with Crippen molar-refractivity contribution in [2.24, 2.45) is 7.05 Å². The number of aryl methyl sites for hydroxylation is 2. The van der Waals surface area contributed by atoms with Crippen molar-refractivity contribution >= 4 is 27.8 Å². The van der Waals surface area contributed by atoms with Crippen molar-refractivity contribution in [3.63, 3.8) is 0 Å². The number of alkyl halides is 1. The second-order valence-corrected chi connectivity index (χ2v) is 4.98. The standard InChI is InChI=1S/C11H16BrN3O3/c1-6-9(7(2)15(3)14-6)10(16)13-5-8(12)11(17)18-4/h8H,5H2,1-4H3,(H,13,16). The highest BCUT2D eigenvalue weighted by molar-refractivity contribution is 9.10. The molecule has 1 rings (SSSR count). The smallest absolute Gasteiger partial charge is 0.321 e. The lowest BCUT2D eigenvalue weighted by Crippen LogP contribution is -2.34. The van der Waals surface area contributed by atoms with E-state index >= 15 is 0 Å². The van der Waals surface area contributed by atoms with Crippen LogP contribution in [-0.4, -0.2) is 40.1 Å². The Kier molecular flexibility index (Phi) is 4.89. The Morgan fingerprint density at radius 3 is 2.56 bits per heavy atom. The molecule has 1 N–H and O–H groups in total. The lowest BCUT2D eigenvalue weighted by Gasteiger charge is -2.09. The third-order valence-corrected chi connectivity index (χ3v) is 3.33. The largest absolute Gasteiger partial charge is 0.468 e. The van der Waals surface area contributed by atoms with E-state index in [0.29, 0.717) is 11.3 Å². The summed E-state index contributed by atoms with van der Waals surface area (Å²) >= 11 is 3.14. The first-order valence-electron chi connectivity index (χ1n) is 5.38. The Bertz CT molecular complexity index is 470. The number of esters is 1. The maximum Gasteiger partial charge on any atom is 0.321 e. The maximum atomic E-state index is 12.0. The minimum Gasteiger partial charge on any atom is -0.468 e. The highest BCUT2D eigenvalue weighted by atomic mass is 79.9. The Morgan fingerprint density at radius 2 is 2.11 bits per heavy atom. The monoisotopic (exact) mass is 317 g/mol. The van der Waals surface area contributed by atoms with Gasteiger partial charge in [0.15, 0.2) is 0 Å². The molecule has 1 amide bonds. The molecule has 18 heavy (non-hydrogen) atoms. The zero-order valence-corrected chi connectivity index (χ0v) is 12.4. The summed E-state index contributed by atoms with van der Waals surface area (Å²) in [7, 11) is 3.08. The van der Waals surface area contributed by atoms with E-state index in [1.54, 1.807) is 18.7 Å². The van der Waals surface area contributed by atoms with Crippen LogP contribution in [0.25, 0.3) is 0 Å². The van der Waals surface area contributed by atoms with Crippen LogP contribution in [0.5, 0.6) is 0 Å². The molecule has 0 fully saturated rings. The van der Waals surface area contributed by atoms with Crippen LogP contribution < -0.4 is 5.32 Å². The number of carbonyl (C=O) groups excluding carboxylic acids is 2. The predicted molar refractivity (Wildman–Crippen MR) is 69.7 cm³/mol. The summed E-state index contributed by atoms with van der Waals surface area (Å²) in [4.78, 5) is 22.6. The van der Waals surface area contributed by atoms with Gasteiger partial charge in [-0.2, -0.15) is 5.10 Å². The van der Waals surface area contributed by atoms with Crippen molar-refractivity contribution in [3.05, 3.63) is 17.0 Å². The van der Waals surface area contributed by atoms with Gasteiger partial charge >= 0.3 is 5.97 Å². The molecule has 1 atom stereocenters. The number of methoxy groups -OCH3 is 1. The van der Waals surface area contributed by atoms with Crippen LogP contribution in [0.15, 0.2) is 0 Å². The summed E-state index contributed by atoms with van der Waals surface area (Å²) in [5.41, 5.74) is 1.99. The predicted octanol–water partition coefficient (Wildman–Crippen LogP) is 0.703. The first-order chi connectivity index (χ1) is 8.38. The Hall–Kier alpha value is -1.37. The molecule has 0 saturated heterocycles. The van der Waals surface area contributed by atoms with Crippen molar-refractivity contribution < 1.29 is 14.3 Å². The van der Waals surface area contributed by atoms with Crippen molar-refractivity contribution in [2.75, 3.05) is 13.7 Å². The van der Waals surface area contributed by atoms with Gasteiger partial charge in [0.05, 0.1) is 18.4 Å². The lowest BCUT2D eigenvalue weighted by molar-refractivity contribution is -0.139. The summed E-state index contributed by atoms with van der Waals surface area (Å²) in [6, 6.07) is 0. The van der Waals surface area contributed by atoms with Crippen LogP contribution in [-0.2, 0) is 16.6 Å². The van der Waals surface area contributed by atoms with Crippen LogP contribution in [0, 0.1) is 13.8 Å². The van der Waals surface area contributed by atoms with Gasteiger partial charge < -0.3 is 10.1 Å². The van der Waals surface area contributed by atoms with Gasteiger partial charge in [-0.3, -0.25) is 14.3 Å². The van der Waals surface area contributed by atoms with Crippen LogP contribution >= 0.6 is 15.9 Å². The molecule has 7 heteroatoms. The highest BCUT2D eigenvalue weighted by Gasteiger charge is 2.20. The molecule has 0 aliphatic rings. The number of amides is 1. The average Bonchev–Trinajstić information content (AvgIpc) is 2.59. The molecule has 0 spiro atoms. The lowest BCUT2D eigenvalue weighted by atomic mass is 10.2. The molecule has 0 saturated carbocycles. The van der Waals surface area contributed by atoms with Crippen LogP contribution in [0.3, 0.4) is 0 Å². The number of rotatable bonds is 4. The molecule has 1 heterocycles. The minimum absolute atomic E-state index is 0.166. The van der Waals surface area contributed by atoms with Crippen LogP contribution in [0.1, 0.15) is 21.7 Å². The first-order valence-corrected chi connectivity index (χ1v) is 6.30. The van der Waals surface area contributed by atoms with E-state index in [-0.39, 0.29) is 12.5 Å². The number of hydrogen-bond acceptors (Lipinski definition) is 4. The van der Waals surface area contributed by atoms with Crippen LogP contribution in [0.2, 0.25) is 0 Å². The van der Waals surface area contributed by atoms with E-state index in [4.69, 9.17) is 0 Å². The van der Waals surface area contributed by atoms with E-state index in [9.17, 15) is 9.59 Å². The van der Waals surface area contributed by atoms with Crippen molar-refractivity contribution in [1.82, 2.24) is 15.1 Å². The molecular weight excluding hydrogens is 302 g/mol. The summed E-state index contributed by atoms with van der Waals surface area (Å²) in [6.45, 7) is 3.76.